The van der Waals surface area contributed by atoms with E-state index in [1.807, 2.05) is 0 Å². The third-order valence-corrected chi connectivity index (χ3v) is 9.42. The van der Waals surface area contributed by atoms with Gasteiger partial charge in [-0.1, -0.05) is 54.1 Å². The summed E-state index contributed by atoms with van der Waals surface area (Å²) in [5.41, 5.74) is 8.14. The van der Waals surface area contributed by atoms with E-state index < -0.39 is 11.6 Å². The molecule has 0 aromatic heterocycles. The molecule has 2 aliphatic carbocycles. The number of carbonyl (C=O) groups is 1. The molecule has 4 nitrogen and oxygen atoms in total. The minimum atomic E-state index is -0.701. The fourth-order valence-corrected chi connectivity index (χ4v) is 6.62. The van der Waals surface area contributed by atoms with E-state index in [0.29, 0.717) is 24.9 Å². The zero-order chi connectivity index (χ0) is 29.4. The number of hydrogen-bond acceptors (Lipinski definition) is 3. The second-order valence-corrected chi connectivity index (χ2v) is 12.4. The number of aryl methyl sites for hydroxylation is 3. The second kappa shape index (κ2) is 12.2. The van der Waals surface area contributed by atoms with Gasteiger partial charge in [-0.3, -0.25) is 4.79 Å². The smallest absolute Gasteiger partial charge is 0.250 e. The highest BCUT2D eigenvalue weighted by molar-refractivity contribution is 6.32. The third kappa shape index (κ3) is 5.97. The highest BCUT2D eigenvalue weighted by atomic mass is 35.5. The van der Waals surface area contributed by atoms with Crippen LogP contribution < -0.4 is 10.1 Å². The molecule has 3 aliphatic rings. The first-order valence-electron chi connectivity index (χ1n) is 15.0. The van der Waals surface area contributed by atoms with Crippen LogP contribution in [0.2, 0.25) is 5.02 Å². The molecule has 2 fully saturated rings. The molecule has 6 rings (SSSR count). The van der Waals surface area contributed by atoms with Gasteiger partial charge in [-0.05, 0) is 104 Å². The summed E-state index contributed by atoms with van der Waals surface area (Å²) in [4.78, 5) is 16.4. The SMILES string of the molecule is Cc1ccc(CN(C(=O)C2=C(c3ccc(CCCOc4c(F)ccc(F)c4Cl)cc3)C[C@H]3CNC[C@@H]23)C2CC2)cc1C. The van der Waals surface area contributed by atoms with E-state index in [4.69, 9.17) is 16.3 Å². The fraction of sp³-hybridized carbons (Fsp3) is 0.400. The molecule has 3 aromatic rings. The van der Waals surface area contributed by atoms with E-state index in [1.165, 1.54) is 22.3 Å². The third-order valence-electron chi connectivity index (χ3n) is 9.07. The van der Waals surface area contributed by atoms with Gasteiger partial charge in [-0.2, -0.15) is 0 Å². The van der Waals surface area contributed by atoms with E-state index in [0.717, 1.165) is 67.6 Å². The Bertz CT molecular complexity index is 1520. The van der Waals surface area contributed by atoms with Crippen LogP contribution in [0.25, 0.3) is 5.57 Å². The average molecular weight is 591 g/mol. The molecule has 0 unspecified atom stereocenters. The molecule has 1 amide bonds. The lowest BCUT2D eigenvalue weighted by Gasteiger charge is -2.26. The van der Waals surface area contributed by atoms with Gasteiger partial charge in [0.2, 0.25) is 0 Å². The van der Waals surface area contributed by atoms with Gasteiger partial charge in [0.25, 0.3) is 5.91 Å². The first-order chi connectivity index (χ1) is 20.3. The first kappa shape index (κ1) is 28.9. The number of halogens is 3. The van der Waals surface area contributed by atoms with Crippen molar-refractivity contribution in [3.63, 3.8) is 0 Å². The second-order valence-electron chi connectivity index (χ2n) is 12.0. The zero-order valence-electron chi connectivity index (χ0n) is 24.2. The molecule has 2 atom stereocenters. The van der Waals surface area contributed by atoms with Gasteiger partial charge >= 0.3 is 0 Å². The summed E-state index contributed by atoms with van der Waals surface area (Å²) in [7, 11) is 0. The van der Waals surface area contributed by atoms with Gasteiger partial charge in [-0.25, -0.2) is 8.78 Å². The van der Waals surface area contributed by atoms with Crippen LogP contribution in [0.5, 0.6) is 5.75 Å². The monoisotopic (exact) mass is 590 g/mol. The standard InChI is InChI=1S/C35H37ClF2N2O2/c1-21-5-6-24(16-22(21)2)20-40(27-11-12-27)35(41)32-28(17-26-18-39-19-29(26)32)25-9-7-23(8-10-25)4-3-15-42-34-31(38)14-13-30(37)33(34)36/h5-10,13-14,16,26-27,29,39H,3-4,11-12,15,17-20H2,1-2H3/t26-,29+/m0/s1. The van der Waals surface area contributed by atoms with Crippen LogP contribution in [0.3, 0.4) is 0 Å². The number of fused-ring (bicyclic) bond motifs is 1. The molecule has 3 aromatic carbocycles. The van der Waals surface area contributed by atoms with Gasteiger partial charge in [0, 0.05) is 30.6 Å². The molecule has 1 heterocycles. The van der Waals surface area contributed by atoms with Crippen molar-refractivity contribution in [2.24, 2.45) is 11.8 Å². The quantitative estimate of drug-likeness (QED) is 0.197. The van der Waals surface area contributed by atoms with Crippen LogP contribution in [0.1, 0.15) is 53.5 Å². The lowest BCUT2D eigenvalue weighted by Crippen LogP contribution is -2.36. The van der Waals surface area contributed by atoms with E-state index in [2.05, 4.69) is 66.5 Å². The Kier molecular flexibility index (Phi) is 8.37. The number of amides is 1. The van der Waals surface area contributed by atoms with Gasteiger partial charge in [0.15, 0.2) is 11.6 Å². The molecule has 1 N–H and O–H groups in total. The summed E-state index contributed by atoms with van der Waals surface area (Å²) in [5, 5.41) is 3.19. The summed E-state index contributed by atoms with van der Waals surface area (Å²) in [6.07, 6.45) is 4.40. The van der Waals surface area contributed by atoms with Crippen LogP contribution in [0, 0.1) is 37.3 Å². The van der Waals surface area contributed by atoms with Crippen LogP contribution in [-0.2, 0) is 17.8 Å². The highest BCUT2D eigenvalue weighted by Crippen LogP contribution is 2.46. The molecule has 0 radical (unpaired) electrons. The van der Waals surface area contributed by atoms with E-state index in [9.17, 15) is 13.6 Å². The number of ether oxygens (including phenoxy) is 1. The van der Waals surface area contributed by atoms with Crippen molar-refractivity contribution in [1.29, 1.82) is 0 Å². The van der Waals surface area contributed by atoms with E-state index >= 15 is 0 Å². The topological polar surface area (TPSA) is 41.6 Å². The van der Waals surface area contributed by atoms with Crippen molar-refractivity contribution in [3.8, 4) is 5.75 Å². The van der Waals surface area contributed by atoms with Crippen molar-refractivity contribution in [1.82, 2.24) is 10.2 Å². The van der Waals surface area contributed by atoms with Gasteiger partial charge in [0.1, 0.15) is 10.8 Å². The Balaban J connectivity index is 1.17. The number of hydrogen-bond donors (Lipinski definition) is 1. The Labute approximate surface area is 251 Å². The molecule has 7 heteroatoms. The summed E-state index contributed by atoms with van der Waals surface area (Å²) in [5.74, 6) is -0.710. The number of nitrogens with one attached hydrogen (secondary N) is 1. The zero-order valence-corrected chi connectivity index (χ0v) is 24.9. The molecule has 0 spiro atoms. The summed E-state index contributed by atoms with van der Waals surface area (Å²) in [6.45, 7) is 6.92. The predicted octanol–water partition coefficient (Wildman–Crippen LogP) is 7.43. The van der Waals surface area contributed by atoms with Crippen LogP contribution >= 0.6 is 11.6 Å². The lowest BCUT2D eigenvalue weighted by atomic mass is 9.93. The maximum atomic E-state index is 14.3. The van der Waals surface area contributed by atoms with E-state index in [-0.39, 0.29) is 29.2 Å². The summed E-state index contributed by atoms with van der Waals surface area (Å²) >= 11 is 5.86. The minimum absolute atomic E-state index is 0.200. The summed E-state index contributed by atoms with van der Waals surface area (Å²) in [6, 6.07) is 17.3. The van der Waals surface area contributed by atoms with Gasteiger partial charge < -0.3 is 15.0 Å². The number of carbonyl (C=O) groups excluding carboxylic acids is 1. The number of rotatable bonds is 10. The van der Waals surface area contributed by atoms with Crippen molar-refractivity contribution >= 4 is 23.1 Å². The molecular weight excluding hydrogens is 554 g/mol. The highest BCUT2D eigenvalue weighted by Gasteiger charge is 2.44. The maximum absolute atomic E-state index is 14.3. The van der Waals surface area contributed by atoms with E-state index in [1.54, 1.807) is 0 Å². The van der Waals surface area contributed by atoms with Crippen molar-refractivity contribution in [2.75, 3.05) is 19.7 Å². The molecule has 1 saturated heterocycles. The molecule has 0 bridgehead atoms. The Morgan fingerprint density at radius 2 is 1.71 bits per heavy atom. The van der Waals surface area contributed by atoms with Gasteiger partial charge in [-0.15, -0.1) is 0 Å². The molecule has 220 valence electrons. The van der Waals surface area contributed by atoms with Crippen molar-refractivity contribution < 1.29 is 18.3 Å². The first-order valence-corrected chi connectivity index (χ1v) is 15.3. The largest absolute Gasteiger partial charge is 0.489 e. The number of nitrogens with zero attached hydrogens (tertiary/aromatic N) is 1. The number of benzene rings is 3. The predicted molar refractivity (Wildman–Crippen MR) is 163 cm³/mol. The normalized spacial score (nSPS) is 19.7. The number of allylic oxidation sites excluding steroid dienone is 1. The fourth-order valence-electron chi connectivity index (χ4n) is 6.41. The van der Waals surface area contributed by atoms with Gasteiger partial charge in [0.05, 0.1) is 6.61 Å². The Morgan fingerprint density at radius 1 is 0.976 bits per heavy atom. The lowest BCUT2D eigenvalue weighted by molar-refractivity contribution is -0.128. The van der Waals surface area contributed by atoms with Crippen LogP contribution in [-0.4, -0.2) is 36.5 Å². The molecule has 1 aliphatic heterocycles. The van der Waals surface area contributed by atoms with Crippen LogP contribution in [0.4, 0.5) is 8.78 Å². The Morgan fingerprint density at radius 3 is 2.45 bits per heavy atom. The molecular formula is C35H37ClF2N2O2. The van der Waals surface area contributed by atoms with Crippen LogP contribution in [0.15, 0.2) is 60.2 Å². The average Bonchev–Trinajstić information content (AvgIpc) is 3.61. The molecule has 42 heavy (non-hydrogen) atoms. The summed E-state index contributed by atoms with van der Waals surface area (Å²) < 4.78 is 33.1. The molecule has 1 saturated carbocycles. The maximum Gasteiger partial charge on any atom is 0.250 e. The van der Waals surface area contributed by atoms with Crippen molar-refractivity contribution in [3.05, 3.63) is 105 Å². The van der Waals surface area contributed by atoms with Crippen molar-refractivity contribution in [2.45, 2.75) is 58.5 Å². The Hall–Kier alpha value is -3.22. The minimum Gasteiger partial charge on any atom is -0.489 e.